The molecule has 0 aliphatic carbocycles. The van der Waals surface area contributed by atoms with Crippen molar-refractivity contribution in [2.45, 2.75) is 33.2 Å². The number of rotatable bonds is 9. The number of anilines is 2. The first-order chi connectivity index (χ1) is 12.2. The molecule has 2 N–H and O–H groups in total. The van der Waals surface area contributed by atoms with Crippen LogP contribution in [-0.4, -0.2) is 26.0 Å². The van der Waals surface area contributed by atoms with E-state index in [1.165, 1.54) is 12.8 Å². The van der Waals surface area contributed by atoms with Crippen molar-refractivity contribution < 1.29 is 4.79 Å². The fourth-order valence-corrected chi connectivity index (χ4v) is 2.64. The quantitative estimate of drug-likeness (QED) is 0.600. The molecule has 2 rings (SSSR count). The second-order valence-corrected chi connectivity index (χ2v) is 6.21. The largest absolute Gasteiger partial charge is 0.375 e. The summed E-state index contributed by atoms with van der Waals surface area (Å²) >= 11 is 0. The van der Waals surface area contributed by atoms with E-state index in [9.17, 15) is 4.79 Å². The first-order valence-electron chi connectivity index (χ1n) is 9.06. The van der Waals surface area contributed by atoms with Crippen LogP contribution in [0.1, 0.15) is 42.6 Å². The highest BCUT2D eigenvalue weighted by atomic mass is 35.5. The summed E-state index contributed by atoms with van der Waals surface area (Å²) in [6.07, 6.45) is 2.35. The monoisotopic (exact) mass is 411 g/mol. The van der Waals surface area contributed by atoms with Gasteiger partial charge in [-0.2, -0.15) is 0 Å². The van der Waals surface area contributed by atoms with Crippen molar-refractivity contribution in [2.75, 3.05) is 30.4 Å². The molecule has 2 aromatic rings. The molecule has 1 amide bonds. The molecule has 0 saturated carbocycles. The number of carbonyl (C=O) groups excluding carboxylic acids is 1. The van der Waals surface area contributed by atoms with Gasteiger partial charge >= 0.3 is 0 Å². The topological polar surface area (TPSA) is 44.4 Å². The average Bonchev–Trinajstić information content (AvgIpc) is 2.65. The van der Waals surface area contributed by atoms with Gasteiger partial charge in [-0.15, -0.1) is 24.8 Å². The molecular formula is C21H31Cl2N3O. The molecule has 0 heterocycles. The summed E-state index contributed by atoms with van der Waals surface area (Å²) in [5.41, 5.74) is 3.76. The summed E-state index contributed by atoms with van der Waals surface area (Å²) in [6.45, 7) is 6.93. The van der Waals surface area contributed by atoms with E-state index in [-0.39, 0.29) is 30.7 Å². The Hall–Kier alpha value is -1.75. The third-order valence-corrected chi connectivity index (χ3v) is 4.25. The number of halogens is 2. The van der Waals surface area contributed by atoms with E-state index >= 15 is 0 Å². The second kappa shape index (κ2) is 13.4. The summed E-state index contributed by atoms with van der Waals surface area (Å²) in [6, 6.07) is 15.7. The van der Waals surface area contributed by atoms with Crippen molar-refractivity contribution in [3.8, 4) is 0 Å². The molecule has 0 bridgehead atoms. The maximum atomic E-state index is 12.5. The lowest BCUT2D eigenvalue weighted by Gasteiger charge is -2.19. The molecule has 0 aromatic heterocycles. The summed E-state index contributed by atoms with van der Waals surface area (Å²) < 4.78 is 0. The van der Waals surface area contributed by atoms with Crippen molar-refractivity contribution in [1.82, 2.24) is 5.32 Å². The predicted molar refractivity (Wildman–Crippen MR) is 121 cm³/mol. The molecule has 0 fully saturated rings. The molecule has 27 heavy (non-hydrogen) atoms. The number of benzene rings is 2. The van der Waals surface area contributed by atoms with Crippen LogP contribution >= 0.6 is 24.8 Å². The lowest BCUT2D eigenvalue weighted by atomic mass is 10.1. The number of unbranched alkanes of at least 4 members (excludes halogenated alkanes) is 1. The maximum Gasteiger partial charge on any atom is 0.255 e. The van der Waals surface area contributed by atoms with Crippen LogP contribution in [0.25, 0.3) is 0 Å². The van der Waals surface area contributed by atoms with Gasteiger partial charge < -0.3 is 15.5 Å². The number of para-hydroxylation sites is 1. The van der Waals surface area contributed by atoms with Crippen LogP contribution in [0.5, 0.6) is 0 Å². The van der Waals surface area contributed by atoms with Gasteiger partial charge in [0.05, 0.1) is 0 Å². The van der Waals surface area contributed by atoms with Gasteiger partial charge in [0, 0.05) is 37.1 Å². The van der Waals surface area contributed by atoms with E-state index in [0.717, 1.165) is 36.6 Å². The first kappa shape index (κ1) is 25.2. The maximum absolute atomic E-state index is 12.5. The van der Waals surface area contributed by atoms with Gasteiger partial charge in [0.15, 0.2) is 0 Å². The molecule has 0 aliphatic heterocycles. The van der Waals surface area contributed by atoms with Gasteiger partial charge in [-0.1, -0.05) is 38.5 Å². The third kappa shape index (κ3) is 7.79. The molecule has 0 radical (unpaired) electrons. The number of amides is 1. The van der Waals surface area contributed by atoms with Crippen LogP contribution in [-0.2, 0) is 6.54 Å². The molecule has 0 spiro atoms. The van der Waals surface area contributed by atoms with Gasteiger partial charge in [0.2, 0.25) is 0 Å². The lowest BCUT2D eigenvalue weighted by molar-refractivity contribution is 0.102. The summed E-state index contributed by atoms with van der Waals surface area (Å²) in [7, 11) is 2.09. The average molecular weight is 412 g/mol. The molecule has 2 aromatic carbocycles. The zero-order valence-electron chi connectivity index (χ0n) is 16.3. The molecule has 6 heteroatoms. The van der Waals surface area contributed by atoms with E-state index < -0.39 is 0 Å². The normalized spacial score (nSPS) is 9.74. The van der Waals surface area contributed by atoms with Crippen molar-refractivity contribution in [2.24, 2.45) is 0 Å². The molecule has 0 aliphatic rings. The highest BCUT2D eigenvalue weighted by Crippen LogP contribution is 2.18. The van der Waals surface area contributed by atoms with Crippen molar-refractivity contribution in [3.63, 3.8) is 0 Å². The molecule has 0 saturated heterocycles. The van der Waals surface area contributed by atoms with Crippen LogP contribution < -0.4 is 15.5 Å². The van der Waals surface area contributed by atoms with E-state index in [2.05, 4.69) is 36.4 Å². The van der Waals surface area contributed by atoms with Crippen LogP contribution in [0.3, 0.4) is 0 Å². The standard InChI is InChI=1S/C21H29N3O.2ClH/c1-4-6-15-24(3)19-13-11-17(12-14-19)21(25)23-20-10-8-7-9-18(20)16-22-5-2;;/h7-14,22H,4-6,15-16H2,1-3H3,(H,23,25);2*1H. The molecule has 0 atom stereocenters. The highest BCUT2D eigenvalue weighted by molar-refractivity contribution is 6.04. The van der Waals surface area contributed by atoms with Gasteiger partial charge in [0.1, 0.15) is 0 Å². The van der Waals surface area contributed by atoms with E-state index in [1.54, 1.807) is 0 Å². The fraction of sp³-hybridized carbons (Fsp3) is 0.381. The Morgan fingerprint density at radius 2 is 1.67 bits per heavy atom. The number of carbonyl (C=O) groups is 1. The van der Waals surface area contributed by atoms with Crippen LogP contribution in [0.4, 0.5) is 11.4 Å². The summed E-state index contributed by atoms with van der Waals surface area (Å²) in [5, 5.41) is 6.32. The molecule has 0 unspecified atom stereocenters. The smallest absolute Gasteiger partial charge is 0.255 e. The zero-order valence-corrected chi connectivity index (χ0v) is 18.0. The minimum atomic E-state index is -0.0771. The van der Waals surface area contributed by atoms with Gasteiger partial charge in [-0.3, -0.25) is 4.79 Å². The SMILES string of the molecule is CCCCN(C)c1ccc(C(=O)Nc2ccccc2CNCC)cc1.Cl.Cl. The fourth-order valence-electron chi connectivity index (χ4n) is 2.64. The van der Waals surface area contributed by atoms with E-state index in [4.69, 9.17) is 0 Å². The predicted octanol–water partition coefficient (Wildman–Crippen LogP) is 5.13. The van der Waals surface area contributed by atoms with Crippen molar-refractivity contribution in [1.29, 1.82) is 0 Å². The van der Waals surface area contributed by atoms with Crippen molar-refractivity contribution in [3.05, 3.63) is 59.7 Å². The Balaban J connectivity index is 0.00000338. The van der Waals surface area contributed by atoms with Gasteiger partial charge in [-0.25, -0.2) is 0 Å². The summed E-state index contributed by atoms with van der Waals surface area (Å²) in [5.74, 6) is -0.0771. The van der Waals surface area contributed by atoms with Crippen LogP contribution in [0, 0.1) is 0 Å². The number of nitrogens with zero attached hydrogens (tertiary/aromatic N) is 1. The van der Waals surface area contributed by atoms with Crippen LogP contribution in [0.2, 0.25) is 0 Å². The number of hydrogen-bond donors (Lipinski definition) is 2. The third-order valence-electron chi connectivity index (χ3n) is 4.25. The van der Waals surface area contributed by atoms with Gasteiger partial charge in [0.25, 0.3) is 5.91 Å². The Labute approximate surface area is 175 Å². The Morgan fingerprint density at radius 1 is 1.00 bits per heavy atom. The zero-order chi connectivity index (χ0) is 18.1. The minimum Gasteiger partial charge on any atom is -0.375 e. The van der Waals surface area contributed by atoms with E-state index in [0.29, 0.717) is 5.56 Å². The lowest BCUT2D eigenvalue weighted by Crippen LogP contribution is -2.19. The van der Waals surface area contributed by atoms with E-state index in [1.807, 2.05) is 48.5 Å². The minimum absolute atomic E-state index is 0. The first-order valence-corrected chi connectivity index (χ1v) is 9.06. The Kier molecular flexibility index (Phi) is 12.6. The Bertz CT molecular complexity index is 677. The number of nitrogens with one attached hydrogen (secondary N) is 2. The second-order valence-electron chi connectivity index (χ2n) is 6.21. The van der Waals surface area contributed by atoms with Crippen molar-refractivity contribution >= 4 is 42.1 Å². The summed E-state index contributed by atoms with van der Waals surface area (Å²) in [4.78, 5) is 14.8. The van der Waals surface area contributed by atoms with Gasteiger partial charge in [-0.05, 0) is 48.9 Å². The highest BCUT2D eigenvalue weighted by Gasteiger charge is 2.09. The molecular weight excluding hydrogens is 381 g/mol. The van der Waals surface area contributed by atoms with Crippen LogP contribution in [0.15, 0.2) is 48.5 Å². The molecule has 4 nitrogen and oxygen atoms in total. The number of hydrogen-bond acceptors (Lipinski definition) is 3. The Morgan fingerprint density at radius 3 is 2.30 bits per heavy atom. The molecule has 150 valence electrons.